The lowest BCUT2D eigenvalue weighted by atomic mass is 10.2. The molecule has 11 heteroatoms. The first-order valence-corrected chi connectivity index (χ1v) is 12.3. The van der Waals surface area contributed by atoms with Gasteiger partial charge in [-0.25, -0.2) is 13.8 Å². The van der Waals surface area contributed by atoms with Crippen LogP contribution in [0.2, 0.25) is 0 Å². The molecular formula is C25H27N3O7S. The van der Waals surface area contributed by atoms with Gasteiger partial charge in [0, 0.05) is 0 Å². The van der Waals surface area contributed by atoms with Crippen molar-refractivity contribution in [1.82, 2.24) is 5.43 Å². The van der Waals surface area contributed by atoms with Gasteiger partial charge in [-0.1, -0.05) is 12.1 Å². The number of anilines is 1. The zero-order valence-electron chi connectivity index (χ0n) is 20.0. The van der Waals surface area contributed by atoms with Gasteiger partial charge in [-0.3, -0.25) is 9.10 Å². The number of ether oxygens (including phenoxy) is 3. The molecule has 1 amide bonds. The summed E-state index contributed by atoms with van der Waals surface area (Å²) in [4.78, 5) is 12.7. The Kier molecular flexibility index (Phi) is 8.74. The van der Waals surface area contributed by atoms with Gasteiger partial charge in [0.15, 0.2) is 11.5 Å². The fourth-order valence-corrected chi connectivity index (χ4v) is 4.67. The Balaban J connectivity index is 1.86. The minimum absolute atomic E-state index is 0.0192. The van der Waals surface area contributed by atoms with E-state index in [0.29, 0.717) is 17.9 Å². The van der Waals surface area contributed by atoms with E-state index in [4.69, 9.17) is 14.2 Å². The van der Waals surface area contributed by atoms with Crippen LogP contribution in [0.5, 0.6) is 23.0 Å². The molecule has 36 heavy (non-hydrogen) atoms. The number of benzene rings is 3. The Labute approximate surface area is 209 Å². The van der Waals surface area contributed by atoms with Gasteiger partial charge in [0.2, 0.25) is 0 Å². The topological polar surface area (TPSA) is 127 Å². The maximum Gasteiger partial charge on any atom is 0.264 e. The summed E-state index contributed by atoms with van der Waals surface area (Å²) in [7, 11) is -1.27. The van der Waals surface area contributed by atoms with Crippen molar-refractivity contribution in [3.05, 3.63) is 72.3 Å². The third kappa shape index (κ3) is 6.25. The summed E-state index contributed by atoms with van der Waals surface area (Å²) in [5.74, 6) is 0.345. The Bertz CT molecular complexity index is 1330. The highest BCUT2D eigenvalue weighted by Gasteiger charge is 2.29. The van der Waals surface area contributed by atoms with Crippen LogP contribution in [-0.2, 0) is 14.8 Å². The summed E-state index contributed by atoms with van der Waals surface area (Å²) in [6, 6.07) is 16.9. The summed E-state index contributed by atoms with van der Waals surface area (Å²) in [6.45, 7) is 1.59. The molecule has 0 saturated carbocycles. The number of aromatic hydroxyl groups is 1. The Morgan fingerprint density at radius 3 is 2.42 bits per heavy atom. The number of para-hydroxylation sites is 2. The van der Waals surface area contributed by atoms with Crippen LogP contribution < -0.4 is 23.9 Å². The van der Waals surface area contributed by atoms with Gasteiger partial charge in [0.05, 0.1) is 37.6 Å². The number of hydrogen-bond acceptors (Lipinski definition) is 8. The summed E-state index contributed by atoms with van der Waals surface area (Å²) in [5.41, 5.74) is 3.09. The number of nitrogens with zero attached hydrogens (tertiary/aromatic N) is 2. The van der Waals surface area contributed by atoms with Crippen molar-refractivity contribution in [2.24, 2.45) is 5.10 Å². The summed E-state index contributed by atoms with van der Waals surface area (Å²) in [6.07, 6.45) is 1.35. The molecule has 0 aromatic heterocycles. The highest BCUT2D eigenvalue weighted by atomic mass is 32.2. The van der Waals surface area contributed by atoms with Crippen molar-refractivity contribution in [2.45, 2.75) is 11.8 Å². The highest BCUT2D eigenvalue weighted by molar-refractivity contribution is 7.92. The second kappa shape index (κ2) is 11.9. The fraction of sp³-hybridized carbons (Fsp3) is 0.200. The largest absolute Gasteiger partial charge is 0.504 e. The SMILES string of the molecule is CCOc1cc(/C=N\NC(=O)CN(c2ccccc2OC)S(=O)(=O)c2ccc(OC)cc2)ccc1O. The van der Waals surface area contributed by atoms with Crippen LogP contribution in [0, 0.1) is 0 Å². The third-order valence-electron chi connectivity index (χ3n) is 4.98. The van der Waals surface area contributed by atoms with Crippen LogP contribution >= 0.6 is 0 Å². The molecule has 3 aromatic rings. The number of rotatable bonds is 11. The van der Waals surface area contributed by atoms with Crippen molar-refractivity contribution < 1.29 is 32.5 Å². The average molecular weight is 514 g/mol. The molecule has 0 bridgehead atoms. The van der Waals surface area contributed by atoms with Gasteiger partial charge < -0.3 is 19.3 Å². The molecule has 3 aromatic carbocycles. The Morgan fingerprint density at radius 2 is 1.75 bits per heavy atom. The summed E-state index contributed by atoms with van der Waals surface area (Å²) >= 11 is 0. The number of phenols is 1. The van der Waals surface area contributed by atoms with Crippen molar-refractivity contribution in [1.29, 1.82) is 0 Å². The average Bonchev–Trinajstić information content (AvgIpc) is 2.89. The predicted molar refractivity (Wildman–Crippen MR) is 136 cm³/mol. The first kappa shape index (κ1) is 26.4. The second-order valence-corrected chi connectivity index (χ2v) is 9.17. The molecule has 0 fully saturated rings. The molecule has 0 unspecified atom stereocenters. The number of nitrogens with one attached hydrogen (secondary N) is 1. The van der Waals surface area contributed by atoms with Crippen LogP contribution in [-0.4, -0.2) is 53.0 Å². The number of carbonyl (C=O) groups excluding carboxylic acids is 1. The number of phenolic OH excluding ortho intramolecular Hbond substituents is 1. The molecule has 0 radical (unpaired) electrons. The minimum Gasteiger partial charge on any atom is -0.504 e. The monoisotopic (exact) mass is 513 g/mol. The van der Waals surface area contributed by atoms with Crippen molar-refractivity contribution in [2.75, 3.05) is 31.7 Å². The van der Waals surface area contributed by atoms with Crippen molar-refractivity contribution in [3.63, 3.8) is 0 Å². The highest BCUT2D eigenvalue weighted by Crippen LogP contribution is 2.32. The molecule has 0 aliphatic rings. The first-order chi connectivity index (χ1) is 17.3. The number of hydrogen-bond donors (Lipinski definition) is 2. The van der Waals surface area contributed by atoms with Crippen LogP contribution in [0.4, 0.5) is 5.69 Å². The van der Waals surface area contributed by atoms with E-state index in [-0.39, 0.29) is 27.8 Å². The fourth-order valence-electron chi connectivity index (χ4n) is 3.24. The van der Waals surface area contributed by atoms with Crippen LogP contribution in [0.25, 0.3) is 0 Å². The van der Waals surface area contributed by atoms with E-state index in [9.17, 15) is 18.3 Å². The smallest absolute Gasteiger partial charge is 0.264 e. The number of sulfonamides is 1. The van der Waals surface area contributed by atoms with E-state index in [1.165, 1.54) is 50.8 Å². The number of amides is 1. The van der Waals surface area contributed by atoms with E-state index < -0.39 is 22.5 Å². The van der Waals surface area contributed by atoms with E-state index in [0.717, 1.165) is 4.31 Å². The third-order valence-corrected chi connectivity index (χ3v) is 6.75. The van der Waals surface area contributed by atoms with Gasteiger partial charge in [-0.2, -0.15) is 5.10 Å². The van der Waals surface area contributed by atoms with Crippen LogP contribution in [0.3, 0.4) is 0 Å². The maximum atomic E-state index is 13.5. The Hall–Kier alpha value is -4.25. The zero-order valence-corrected chi connectivity index (χ0v) is 20.9. The molecule has 10 nitrogen and oxygen atoms in total. The molecular weight excluding hydrogens is 486 g/mol. The molecule has 0 spiro atoms. The van der Waals surface area contributed by atoms with Crippen molar-refractivity contribution in [3.8, 4) is 23.0 Å². The van der Waals surface area contributed by atoms with Gasteiger partial charge in [0.25, 0.3) is 15.9 Å². The first-order valence-electron chi connectivity index (χ1n) is 10.9. The lowest BCUT2D eigenvalue weighted by Crippen LogP contribution is -2.39. The summed E-state index contributed by atoms with van der Waals surface area (Å²) < 4.78 is 43.8. The molecule has 0 heterocycles. The molecule has 0 aliphatic heterocycles. The number of methoxy groups -OCH3 is 2. The molecule has 2 N–H and O–H groups in total. The second-order valence-electron chi connectivity index (χ2n) is 7.31. The maximum absolute atomic E-state index is 13.5. The van der Waals surface area contributed by atoms with Gasteiger partial charge in [-0.15, -0.1) is 0 Å². The normalized spacial score (nSPS) is 11.2. The molecule has 3 rings (SSSR count). The standard InChI is InChI=1S/C25H27N3O7S/c1-4-35-24-15-18(9-14-22(24)29)16-26-27-25(30)17-28(21-7-5-6-8-23(21)34-3)36(31,32)20-12-10-19(33-2)11-13-20/h5-16,29H,4,17H2,1-3H3,(H,27,30)/b26-16-. The lowest BCUT2D eigenvalue weighted by molar-refractivity contribution is -0.119. The lowest BCUT2D eigenvalue weighted by Gasteiger charge is -2.25. The van der Waals surface area contributed by atoms with Gasteiger partial charge in [-0.05, 0) is 67.1 Å². The predicted octanol–water partition coefficient (Wildman–Crippen LogP) is 3.15. The quantitative estimate of drug-likeness (QED) is 0.298. The zero-order chi connectivity index (χ0) is 26.1. The van der Waals surface area contributed by atoms with E-state index in [2.05, 4.69) is 10.5 Å². The van der Waals surface area contributed by atoms with Crippen LogP contribution in [0.15, 0.2) is 76.7 Å². The molecule has 0 atom stereocenters. The summed E-state index contributed by atoms with van der Waals surface area (Å²) in [5, 5.41) is 13.7. The van der Waals surface area contributed by atoms with Gasteiger partial charge in [0.1, 0.15) is 18.0 Å². The minimum atomic E-state index is -4.16. The molecule has 190 valence electrons. The van der Waals surface area contributed by atoms with E-state index in [1.807, 2.05) is 0 Å². The number of carbonyl (C=O) groups is 1. The van der Waals surface area contributed by atoms with E-state index >= 15 is 0 Å². The molecule has 0 aliphatic carbocycles. The molecule has 0 saturated heterocycles. The van der Waals surface area contributed by atoms with Crippen molar-refractivity contribution >= 4 is 27.8 Å². The van der Waals surface area contributed by atoms with Gasteiger partial charge >= 0.3 is 0 Å². The Morgan fingerprint density at radius 1 is 1.03 bits per heavy atom. The number of hydrazone groups is 1. The van der Waals surface area contributed by atoms with E-state index in [1.54, 1.807) is 43.3 Å². The van der Waals surface area contributed by atoms with Crippen LogP contribution in [0.1, 0.15) is 12.5 Å².